The van der Waals surface area contributed by atoms with Crippen LogP contribution in [0.5, 0.6) is 0 Å². The summed E-state index contributed by atoms with van der Waals surface area (Å²) in [4.78, 5) is 28.1. The zero-order valence-corrected chi connectivity index (χ0v) is 41.8. The zero-order chi connectivity index (χ0) is 50.4. The second-order valence-electron chi connectivity index (χ2n) is 24.2. The van der Waals surface area contributed by atoms with Gasteiger partial charge in [-0.15, -0.1) is 0 Å². The summed E-state index contributed by atoms with van der Waals surface area (Å²) < 4.78 is 41.8. The van der Waals surface area contributed by atoms with Crippen molar-refractivity contribution in [2.24, 2.45) is 50.2 Å². The van der Waals surface area contributed by atoms with Crippen molar-refractivity contribution in [3.63, 3.8) is 0 Å². The Labute approximate surface area is 406 Å². The summed E-state index contributed by atoms with van der Waals surface area (Å²) in [6.07, 6.45) is -11.4. The molecule has 0 aromatic heterocycles. The number of allylic oxidation sites excluding steroid dienone is 2. The van der Waals surface area contributed by atoms with Crippen molar-refractivity contribution >= 4 is 11.9 Å². The molecule has 0 aromatic rings. The molecule has 0 radical (unpaired) electrons. The van der Waals surface area contributed by atoms with E-state index in [0.29, 0.717) is 25.7 Å². The summed E-state index contributed by atoms with van der Waals surface area (Å²) in [5.41, 5.74) is -0.815. The van der Waals surface area contributed by atoms with Crippen molar-refractivity contribution in [2.45, 2.75) is 225 Å². The number of aliphatic hydroxyl groups is 9. The van der Waals surface area contributed by atoms with Crippen molar-refractivity contribution in [1.29, 1.82) is 0 Å². The number of esters is 2. The summed E-state index contributed by atoms with van der Waals surface area (Å²) >= 11 is 0. The van der Waals surface area contributed by atoms with Gasteiger partial charge in [-0.2, -0.15) is 0 Å². The van der Waals surface area contributed by atoms with Crippen molar-refractivity contribution in [1.82, 2.24) is 0 Å². The van der Waals surface area contributed by atoms with E-state index in [0.717, 1.165) is 51.4 Å². The van der Waals surface area contributed by atoms with Crippen LogP contribution in [0.2, 0.25) is 0 Å². The Hall–Kier alpha value is -1.88. The molecular formula is C51H82O18. The summed E-state index contributed by atoms with van der Waals surface area (Å²) in [7, 11) is 0. The topological polar surface area (TPSA) is 281 Å². The third-order valence-electron chi connectivity index (χ3n) is 19.6. The highest BCUT2D eigenvalue weighted by Crippen LogP contribution is 2.76. The molecule has 69 heavy (non-hydrogen) atoms. The first kappa shape index (κ1) is 53.4. The Morgan fingerprint density at radius 1 is 0.725 bits per heavy atom. The molecule has 5 aliphatic carbocycles. The van der Waals surface area contributed by atoms with Gasteiger partial charge in [-0.1, -0.05) is 73.5 Å². The Morgan fingerprint density at radius 3 is 2.12 bits per heavy atom. The molecule has 0 aromatic carbocycles. The first-order valence-corrected chi connectivity index (χ1v) is 25.7. The van der Waals surface area contributed by atoms with E-state index in [4.69, 9.17) is 33.2 Å². The van der Waals surface area contributed by atoms with Crippen molar-refractivity contribution in [3.05, 3.63) is 11.6 Å². The van der Waals surface area contributed by atoms with E-state index in [1.54, 1.807) is 0 Å². The Balaban J connectivity index is 1.05. The minimum Gasteiger partial charge on any atom is -0.464 e. The Morgan fingerprint density at radius 2 is 1.42 bits per heavy atom. The average Bonchev–Trinajstić information content (AvgIpc) is 3.29. The molecule has 18 nitrogen and oxygen atoms in total. The molecule has 3 aliphatic heterocycles. The number of unbranched alkanes of at least 4 members (excludes halogenated alkanes) is 1. The van der Waals surface area contributed by atoms with Gasteiger partial charge in [-0.3, -0.25) is 4.79 Å². The number of ether oxygens (including phenoxy) is 7. The van der Waals surface area contributed by atoms with Crippen LogP contribution in [0.3, 0.4) is 0 Å². The second kappa shape index (κ2) is 19.4. The van der Waals surface area contributed by atoms with Gasteiger partial charge >= 0.3 is 11.9 Å². The Bertz CT molecular complexity index is 1890. The maximum absolute atomic E-state index is 14.7. The first-order valence-electron chi connectivity index (χ1n) is 25.7. The molecule has 0 spiro atoms. The molecule has 3 heterocycles. The standard InChI is InChI=1S/C51H82O18/c1-9-10-21-63-41(61)39-35(57)36(58)40(68-42-37(59)32(54)27(53)24-64-42)44(67-39)66-31-14-15-48(6)29(47(31,4)5)13-16-50(8)30(48)12-11-25-26-22-46(2,3)17-19-51(26,20-18-49(25,50)7)45(62)69-43-38(60)34(56)33(55)28(23-52)65-43/h11,26-40,42-44,52-60H,9-10,12-24H2,1-8H3/t26-,27-,28+,29-,30+,31-,32-,33+,34-,35-,36-,37+,38+,39-,40+,42-,43-,44+,48-,49+,50+,51-/m0/s1. The Kier molecular flexibility index (Phi) is 15.0. The third kappa shape index (κ3) is 8.86. The molecule has 8 rings (SSSR count). The zero-order valence-electron chi connectivity index (χ0n) is 41.8. The minimum absolute atomic E-state index is 0.0664. The summed E-state index contributed by atoms with van der Waals surface area (Å²) in [6.45, 7) is 17.1. The average molecular weight is 983 g/mol. The molecule has 394 valence electrons. The van der Waals surface area contributed by atoms with Gasteiger partial charge in [0.1, 0.15) is 61.0 Å². The molecule has 9 N–H and O–H groups in total. The molecule has 22 atom stereocenters. The predicted molar refractivity (Wildman–Crippen MR) is 243 cm³/mol. The van der Waals surface area contributed by atoms with E-state index in [2.05, 4.69) is 54.5 Å². The monoisotopic (exact) mass is 983 g/mol. The maximum Gasteiger partial charge on any atom is 0.338 e. The number of hydrogen-bond acceptors (Lipinski definition) is 18. The smallest absolute Gasteiger partial charge is 0.338 e. The number of carbonyl (C=O) groups is 2. The fourth-order valence-corrected chi connectivity index (χ4v) is 15.1. The minimum atomic E-state index is -1.79. The van der Waals surface area contributed by atoms with Crippen LogP contribution in [0.25, 0.3) is 0 Å². The predicted octanol–water partition coefficient (Wildman–Crippen LogP) is 2.13. The number of rotatable bonds is 11. The second-order valence-corrected chi connectivity index (χ2v) is 24.2. The van der Waals surface area contributed by atoms with E-state index >= 15 is 0 Å². The van der Waals surface area contributed by atoms with Crippen molar-refractivity contribution in [3.8, 4) is 0 Å². The van der Waals surface area contributed by atoms with Crippen LogP contribution < -0.4 is 0 Å². The largest absolute Gasteiger partial charge is 0.464 e. The molecule has 0 bridgehead atoms. The summed E-state index contributed by atoms with van der Waals surface area (Å²) in [6, 6.07) is 0. The van der Waals surface area contributed by atoms with Gasteiger partial charge in [-0.25, -0.2) is 4.79 Å². The third-order valence-corrected chi connectivity index (χ3v) is 19.6. The van der Waals surface area contributed by atoms with E-state index in [1.807, 2.05) is 6.92 Å². The number of hydrogen-bond donors (Lipinski definition) is 9. The van der Waals surface area contributed by atoms with Gasteiger partial charge in [0, 0.05) is 0 Å². The fourth-order valence-electron chi connectivity index (χ4n) is 15.1. The number of fused-ring (bicyclic) bond motifs is 7. The molecule has 18 heteroatoms. The quantitative estimate of drug-likeness (QED) is 0.0621. The lowest BCUT2D eigenvalue weighted by Crippen LogP contribution is -2.67. The fraction of sp³-hybridized carbons (Fsp3) is 0.922. The van der Waals surface area contributed by atoms with Gasteiger partial charge < -0.3 is 79.1 Å². The van der Waals surface area contributed by atoms with Crippen LogP contribution in [0.4, 0.5) is 0 Å². The van der Waals surface area contributed by atoms with Gasteiger partial charge in [0.25, 0.3) is 0 Å². The summed E-state index contributed by atoms with van der Waals surface area (Å²) in [5, 5.41) is 95.9. The molecule has 0 unspecified atom stereocenters. The lowest BCUT2D eigenvalue weighted by molar-refractivity contribution is -0.366. The van der Waals surface area contributed by atoms with Crippen LogP contribution in [0.1, 0.15) is 132 Å². The number of aliphatic hydroxyl groups excluding tert-OH is 9. The molecular weight excluding hydrogens is 901 g/mol. The van der Waals surface area contributed by atoms with E-state index < -0.39 is 121 Å². The SMILES string of the molecule is CCCCOC(=O)[C@H]1O[C@@H](O[C@H]2CC[C@]3(C)[C@H]4CC=C5[C@@H]6CC(C)(C)CC[C@]6(C(=O)O[C@@H]6O[C@H](CO)[C@@H](O)[C@H](O)[C@H]6O)CC[C@@]5(C)[C@]4(C)CC[C@H]3C2(C)C)[C@H](O[C@@H]2OC[C@H](O)[C@H](O)[C@H]2O)[C@@H](O)[C@@H]1O. The van der Waals surface area contributed by atoms with Gasteiger partial charge in [0.05, 0.1) is 31.3 Å². The van der Waals surface area contributed by atoms with Gasteiger partial charge in [0.2, 0.25) is 6.29 Å². The lowest BCUT2D eigenvalue weighted by atomic mass is 9.33. The van der Waals surface area contributed by atoms with Crippen LogP contribution in [-0.2, 0) is 42.7 Å². The van der Waals surface area contributed by atoms with Gasteiger partial charge in [0.15, 0.2) is 18.7 Å². The van der Waals surface area contributed by atoms with Crippen LogP contribution in [0.15, 0.2) is 11.6 Å². The van der Waals surface area contributed by atoms with Crippen LogP contribution in [0, 0.1) is 50.2 Å². The maximum atomic E-state index is 14.7. The first-order chi connectivity index (χ1) is 32.3. The van der Waals surface area contributed by atoms with E-state index in [-0.39, 0.29) is 52.6 Å². The summed E-state index contributed by atoms with van der Waals surface area (Å²) in [5.74, 6) is -1.12. The molecule has 7 fully saturated rings. The van der Waals surface area contributed by atoms with Crippen molar-refractivity contribution in [2.75, 3.05) is 19.8 Å². The molecule has 4 saturated carbocycles. The molecule has 8 aliphatic rings. The van der Waals surface area contributed by atoms with Crippen LogP contribution >= 0.6 is 0 Å². The normalized spacial score (nSPS) is 50.3. The van der Waals surface area contributed by atoms with E-state index in [9.17, 15) is 55.5 Å². The van der Waals surface area contributed by atoms with Crippen molar-refractivity contribution < 1.29 is 88.7 Å². The molecule has 0 amide bonds. The van der Waals surface area contributed by atoms with Crippen LogP contribution in [-0.4, -0.2) is 170 Å². The lowest BCUT2D eigenvalue weighted by Gasteiger charge is -2.71. The highest BCUT2D eigenvalue weighted by Gasteiger charge is 2.70. The highest BCUT2D eigenvalue weighted by molar-refractivity contribution is 5.79. The van der Waals surface area contributed by atoms with Gasteiger partial charge in [-0.05, 0) is 115 Å². The highest BCUT2D eigenvalue weighted by atomic mass is 16.8. The van der Waals surface area contributed by atoms with E-state index in [1.165, 1.54) is 5.57 Å². The molecule has 3 saturated heterocycles. The number of carbonyl (C=O) groups excluding carboxylic acids is 2.